The Balaban J connectivity index is 1.92. The fourth-order valence-corrected chi connectivity index (χ4v) is 2.71. The van der Waals surface area contributed by atoms with E-state index >= 15 is 0 Å². The number of fused-ring (bicyclic) bond motifs is 1. The number of unbranched alkanes of at least 4 members (excludes halogenated alkanes) is 1. The van der Waals surface area contributed by atoms with Crippen LogP contribution in [0.1, 0.15) is 25.5 Å². The van der Waals surface area contributed by atoms with Crippen molar-refractivity contribution in [2.24, 2.45) is 0 Å². The Hall–Kier alpha value is -2.29. The smallest absolute Gasteiger partial charge is 0.110 e. The molecule has 2 aromatic rings. The Morgan fingerprint density at radius 3 is 2.52 bits per heavy atom. The molecule has 1 aliphatic heterocycles. The maximum atomic E-state index is 4.59. The van der Waals surface area contributed by atoms with E-state index in [9.17, 15) is 0 Å². The van der Waals surface area contributed by atoms with Crippen molar-refractivity contribution in [3.8, 4) is 0 Å². The Morgan fingerprint density at radius 1 is 1.10 bits per heavy atom. The number of aryl methyl sites for hydroxylation is 1. The van der Waals surface area contributed by atoms with E-state index < -0.39 is 0 Å². The molecule has 0 radical (unpaired) electrons. The largest absolute Gasteiger partial charge is 0.329 e. The fourth-order valence-electron chi connectivity index (χ4n) is 2.71. The summed E-state index contributed by atoms with van der Waals surface area (Å²) in [7, 11) is 2.05. The number of rotatable bonds is 4. The molecule has 0 saturated carbocycles. The van der Waals surface area contributed by atoms with Crippen LogP contribution in [0.25, 0.3) is 0 Å². The summed E-state index contributed by atoms with van der Waals surface area (Å²) in [6.45, 7) is 6.41. The molecule has 0 bridgehead atoms. The molecule has 2 heterocycles. The molecule has 108 valence electrons. The van der Waals surface area contributed by atoms with Crippen LogP contribution in [0, 0.1) is 0 Å². The van der Waals surface area contributed by atoms with Gasteiger partial charge in [0.1, 0.15) is 5.82 Å². The van der Waals surface area contributed by atoms with Crippen molar-refractivity contribution in [1.82, 2.24) is 4.98 Å². The number of hydrogen-bond donors (Lipinski definition) is 0. The van der Waals surface area contributed by atoms with Crippen LogP contribution in [0.3, 0.4) is 0 Å². The van der Waals surface area contributed by atoms with Gasteiger partial charge in [0.25, 0.3) is 0 Å². The second-order valence-corrected chi connectivity index (χ2v) is 5.41. The van der Waals surface area contributed by atoms with Crippen LogP contribution in [-0.4, -0.2) is 12.0 Å². The fraction of sp³-hybridized carbons (Fsp3) is 0.278. The minimum absolute atomic E-state index is 0.958. The van der Waals surface area contributed by atoms with E-state index in [1.165, 1.54) is 18.5 Å². The van der Waals surface area contributed by atoms with E-state index in [-0.39, 0.29) is 0 Å². The van der Waals surface area contributed by atoms with E-state index in [4.69, 9.17) is 0 Å². The third kappa shape index (κ3) is 2.40. The third-order valence-corrected chi connectivity index (χ3v) is 3.98. The zero-order valence-electron chi connectivity index (χ0n) is 12.7. The molecule has 0 spiro atoms. The van der Waals surface area contributed by atoms with Crippen molar-refractivity contribution in [1.29, 1.82) is 0 Å². The van der Waals surface area contributed by atoms with Crippen LogP contribution in [-0.2, 0) is 6.42 Å². The van der Waals surface area contributed by atoms with Gasteiger partial charge in [0, 0.05) is 12.7 Å². The molecule has 0 aliphatic carbocycles. The zero-order chi connectivity index (χ0) is 14.8. The summed E-state index contributed by atoms with van der Waals surface area (Å²) >= 11 is 0. The molecular weight excluding hydrogens is 258 g/mol. The van der Waals surface area contributed by atoms with Crippen LogP contribution in [0.2, 0.25) is 0 Å². The van der Waals surface area contributed by atoms with Crippen LogP contribution in [0.15, 0.2) is 55.0 Å². The molecule has 0 saturated heterocycles. The van der Waals surface area contributed by atoms with Crippen molar-refractivity contribution in [3.63, 3.8) is 0 Å². The van der Waals surface area contributed by atoms with Crippen LogP contribution >= 0.6 is 0 Å². The van der Waals surface area contributed by atoms with E-state index in [0.29, 0.717) is 0 Å². The van der Waals surface area contributed by atoms with E-state index in [2.05, 4.69) is 64.7 Å². The van der Waals surface area contributed by atoms with Crippen molar-refractivity contribution in [2.45, 2.75) is 26.2 Å². The molecule has 3 nitrogen and oxygen atoms in total. The highest BCUT2D eigenvalue weighted by Gasteiger charge is 2.28. The highest BCUT2D eigenvalue weighted by Crippen LogP contribution is 2.43. The van der Waals surface area contributed by atoms with Gasteiger partial charge >= 0.3 is 0 Å². The minimum Gasteiger partial charge on any atom is -0.329 e. The highest BCUT2D eigenvalue weighted by atomic mass is 15.4. The first-order chi connectivity index (χ1) is 10.2. The first-order valence-electron chi connectivity index (χ1n) is 7.49. The van der Waals surface area contributed by atoms with Crippen LogP contribution in [0.4, 0.5) is 17.1 Å². The monoisotopic (exact) mass is 279 g/mol. The van der Waals surface area contributed by atoms with Gasteiger partial charge < -0.3 is 4.90 Å². The number of anilines is 3. The van der Waals surface area contributed by atoms with Gasteiger partial charge in [-0.25, -0.2) is 0 Å². The summed E-state index contributed by atoms with van der Waals surface area (Å²) < 4.78 is 0. The van der Waals surface area contributed by atoms with Crippen molar-refractivity contribution in [2.75, 3.05) is 16.8 Å². The summed E-state index contributed by atoms with van der Waals surface area (Å²) in [5.74, 6) is 0.958. The van der Waals surface area contributed by atoms with Gasteiger partial charge in [-0.2, -0.15) is 0 Å². The summed E-state index contributed by atoms with van der Waals surface area (Å²) in [4.78, 5) is 8.86. The normalized spacial score (nSPS) is 13.7. The van der Waals surface area contributed by atoms with Crippen molar-refractivity contribution < 1.29 is 0 Å². The molecule has 0 unspecified atom stereocenters. The topological polar surface area (TPSA) is 19.4 Å². The number of hydrogen-bond acceptors (Lipinski definition) is 3. The quantitative estimate of drug-likeness (QED) is 0.822. The summed E-state index contributed by atoms with van der Waals surface area (Å²) in [6, 6.07) is 12.6. The molecule has 3 rings (SSSR count). The first-order valence-corrected chi connectivity index (χ1v) is 7.49. The molecule has 3 heteroatoms. The summed E-state index contributed by atoms with van der Waals surface area (Å²) in [6.07, 6.45) is 5.39. The molecule has 0 amide bonds. The van der Waals surface area contributed by atoms with Crippen molar-refractivity contribution in [3.05, 3.63) is 60.7 Å². The lowest BCUT2D eigenvalue weighted by molar-refractivity contribution is 0.776. The molecular formula is C18H21N3. The molecule has 1 aromatic heterocycles. The predicted molar refractivity (Wildman–Crippen MR) is 89.0 cm³/mol. The van der Waals surface area contributed by atoms with E-state index in [1.54, 1.807) is 0 Å². The SMILES string of the molecule is C=C1N(C)c2ccccc2N1c1ccc(CCCC)nc1. The van der Waals surface area contributed by atoms with Crippen molar-refractivity contribution >= 4 is 17.1 Å². The molecule has 1 aliphatic rings. The Labute approximate surface area is 126 Å². The van der Waals surface area contributed by atoms with Gasteiger partial charge in [-0.15, -0.1) is 0 Å². The van der Waals surface area contributed by atoms with E-state index in [1.807, 2.05) is 13.2 Å². The summed E-state index contributed by atoms with van der Waals surface area (Å²) in [5, 5.41) is 0. The molecule has 1 aromatic carbocycles. The predicted octanol–water partition coefficient (Wildman–Crippen LogP) is 4.48. The Morgan fingerprint density at radius 2 is 1.86 bits per heavy atom. The minimum atomic E-state index is 0.958. The average Bonchev–Trinajstić information content (AvgIpc) is 2.78. The van der Waals surface area contributed by atoms with Gasteiger partial charge in [0.05, 0.1) is 23.3 Å². The number of benzene rings is 1. The Kier molecular flexibility index (Phi) is 3.65. The molecule has 21 heavy (non-hydrogen) atoms. The lowest BCUT2D eigenvalue weighted by Crippen LogP contribution is -2.20. The number of nitrogens with zero attached hydrogens (tertiary/aromatic N) is 3. The lowest BCUT2D eigenvalue weighted by Gasteiger charge is -2.21. The second-order valence-electron chi connectivity index (χ2n) is 5.41. The number of aromatic nitrogens is 1. The van der Waals surface area contributed by atoms with Gasteiger partial charge in [-0.05, 0) is 37.1 Å². The molecule has 0 fully saturated rings. The highest BCUT2D eigenvalue weighted by molar-refractivity contribution is 5.87. The zero-order valence-corrected chi connectivity index (χ0v) is 12.7. The standard InChI is InChI=1S/C18H21N3/c1-4-5-8-15-11-12-16(13-19-15)21-14(2)20(3)17-9-6-7-10-18(17)21/h6-7,9-13H,2,4-5,8H2,1,3H3. The van der Waals surface area contributed by atoms with Gasteiger partial charge in [0.2, 0.25) is 0 Å². The molecule has 0 N–H and O–H groups in total. The van der Waals surface area contributed by atoms with Gasteiger partial charge in [-0.1, -0.05) is 32.1 Å². The first kappa shape index (κ1) is 13.7. The van der Waals surface area contributed by atoms with E-state index in [0.717, 1.165) is 29.3 Å². The van der Waals surface area contributed by atoms with Crippen LogP contribution < -0.4 is 9.80 Å². The molecule has 0 atom stereocenters. The summed E-state index contributed by atoms with van der Waals surface area (Å²) in [5.41, 5.74) is 4.56. The number of pyridine rings is 1. The lowest BCUT2D eigenvalue weighted by atomic mass is 10.2. The third-order valence-electron chi connectivity index (χ3n) is 3.98. The van der Waals surface area contributed by atoms with Gasteiger partial charge in [0.15, 0.2) is 0 Å². The van der Waals surface area contributed by atoms with Crippen LogP contribution in [0.5, 0.6) is 0 Å². The second kappa shape index (κ2) is 5.60. The average molecular weight is 279 g/mol. The maximum absolute atomic E-state index is 4.59. The number of para-hydroxylation sites is 2. The van der Waals surface area contributed by atoms with Gasteiger partial charge in [-0.3, -0.25) is 9.88 Å². The maximum Gasteiger partial charge on any atom is 0.110 e. The Bertz CT molecular complexity index is 646.